The Hall–Kier alpha value is -3.13. The van der Waals surface area contributed by atoms with E-state index in [1.807, 2.05) is 0 Å². The average Bonchev–Trinajstić information content (AvgIpc) is 2.74. The van der Waals surface area contributed by atoms with Crippen molar-refractivity contribution in [1.82, 2.24) is 4.90 Å². The van der Waals surface area contributed by atoms with E-state index in [9.17, 15) is 19.5 Å². The quantitative estimate of drug-likeness (QED) is 0.744. The molecule has 1 amide bonds. The number of ketones is 2. The maximum atomic E-state index is 12.8. The van der Waals surface area contributed by atoms with E-state index < -0.39 is 11.6 Å². The summed E-state index contributed by atoms with van der Waals surface area (Å²) in [5.41, 5.74) is 0.934. The molecule has 1 aliphatic heterocycles. The molecule has 0 spiro atoms. The minimum atomic E-state index is -0.481. The Morgan fingerprint density at radius 2 is 1.72 bits per heavy atom. The van der Waals surface area contributed by atoms with Crippen molar-refractivity contribution in [3.8, 4) is 5.75 Å². The molecule has 0 radical (unpaired) electrons. The summed E-state index contributed by atoms with van der Waals surface area (Å²) in [6, 6.07) is 4.79. The number of carbonyl (C=O) groups is 3. The lowest BCUT2D eigenvalue weighted by Gasteiger charge is -2.27. The maximum absolute atomic E-state index is 12.8. The monoisotopic (exact) mass is 401 g/mol. The lowest BCUT2D eigenvalue weighted by molar-refractivity contribution is -0.121. The molecule has 1 aromatic carbocycles. The summed E-state index contributed by atoms with van der Waals surface area (Å²) in [6.45, 7) is 3.32. The number of rotatable bonds is 5. The first kappa shape index (κ1) is 20.6. The second-order valence-electron chi connectivity index (χ2n) is 6.72. The van der Waals surface area contributed by atoms with Gasteiger partial charge >= 0.3 is 0 Å². The molecule has 1 fully saturated rings. The van der Waals surface area contributed by atoms with E-state index in [1.54, 1.807) is 17.0 Å². The van der Waals surface area contributed by atoms with Crippen molar-refractivity contribution in [3.05, 3.63) is 52.0 Å². The summed E-state index contributed by atoms with van der Waals surface area (Å²) >= 11 is 0. The van der Waals surface area contributed by atoms with Crippen LogP contribution < -0.4 is 0 Å². The predicted molar refractivity (Wildman–Crippen MR) is 102 cm³/mol. The first-order valence-corrected chi connectivity index (χ1v) is 9.20. The number of ether oxygens (including phenoxy) is 3. The maximum Gasteiger partial charge on any atom is 0.257 e. The fourth-order valence-electron chi connectivity index (χ4n) is 3.44. The number of carbonyl (C=O) groups excluding carboxylic acids is 3. The number of Topliss-reactive ketones (excluding diaryl/α,β-unsaturated/α-hetero) is 2. The highest BCUT2D eigenvalue weighted by Crippen LogP contribution is 2.32. The van der Waals surface area contributed by atoms with Gasteiger partial charge in [0.25, 0.3) is 5.91 Å². The Labute approximate surface area is 168 Å². The number of nitrogens with zero attached hydrogens (tertiary/aromatic N) is 1. The molecule has 0 unspecified atom stereocenters. The van der Waals surface area contributed by atoms with E-state index in [-0.39, 0.29) is 46.3 Å². The van der Waals surface area contributed by atoms with Gasteiger partial charge < -0.3 is 24.2 Å². The van der Waals surface area contributed by atoms with Crippen LogP contribution in [-0.4, -0.2) is 68.0 Å². The van der Waals surface area contributed by atoms with Crippen LogP contribution in [-0.2, 0) is 30.2 Å². The van der Waals surface area contributed by atoms with Gasteiger partial charge in [0.05, 0.1) is 33.0 Å². The second kappa shape index (κ2) is 8.48. The van der Waals surface area contributed by atoms with Gasteiger partial charge in [-0.3, -0.25) is 14.4 Å². The van der Waals surface area contributed by atoms with E-state index in [0.29, 0.717) is 31.9 Å². The van der Waals surface area contributed by atoms with Gasteiger partial charge in [0.15, 0.2) is 0 Å². The summed E-state index contributed by atoms with van der Waals surface area (Å²) < 4.78 is 15.4. The van der Waals surface area contributed by atoms with Crippen LogP contribution in [0.3, 0.4) is 0 Å². The molecule has 154 valence electrons. The first-order chi connectivity index (χ1) is 13.9. The summed E-state index contributed by atoms with van der Waals surface area (Å²) in [5, 5.41) is 10.7. The van der Waals surface area contributed by atoms with Crippen molar-refractivity contribution >= 4 is 17.5 Å². The molecule has 0 atom stereocenters. The lowest BCUT2D eigenvalue weighted by Crippen LogP contribution is -2.40. The molecule has 1 N–H and O–H groups in total. The molecular formula is C21H23NO7. The zero-order chi connectivity index (χ0) is 21.1. The number of phenolic OH excluding ortho intramolecular Hbond substituents is 1. The van der Waals surface area contributed by atoms with Gasteiger partial charge in [0, 0.05) is 30.7 Å². The van der Waals surface area contributed by atoms with Crippen molar-refractivity contribution in [2.24, 2.45) is 0 Å². The fraction of sp³-hybridized carbons (Fsp3) is 0.381. The number of hydrogen-bond donors (Lipinski definition) is 1. The molecule has 1 aliphatic carbocycles. The van der Waals surface area contributed by atoms with Crippen molar-refractivity contribution in [2.75, 3.05) is 40.5 Å². The highest BCUT2D eigenvalue weighted by Gasteiger charge is 2.35. The Morgan fingerprint density at radius 3 is 2.34 bits per heavy atom. The topological polar surface area (TPSA) is 102 Å². The number of aromatic hydroxyl groups is 1. The molecule has 29 heavy (non-hydrogen) atoms. The van der Waals surface area contributed by atoms with Gasteiger partial charge in [-0.05, 0) is 18.6 Å². The Kier molecular flexibility index (Phi) is 6.03. The number of amides is 1. The number of benzene rings is 1. The largest absolute Gasteiger partial charge is 0.507 e. The molecule has 0 saturated carbocycles. The Bertz CT molecular complexity index is 923. The van der Waals surface area contributed by atoms with Crippen LogP contribution in [0.15, 0.2) is 40.9 Å². The molecule has 0 aromatic heterocycles. The third-order valence-electron chi connectivity index (χ3n) is 5.11. The van der Waals surface area contributed by atoms with Crippen molar-refractivity contribution in [3.63, 3.8) is 0 Å². The zero-order valence-electron chi connectivity index (χ0n) is 16.6. The molecule has 1 aromatic rings. The van der Waals surface area contributed by atoms with Crippen LogP contribution in [0, 0.1) is 0 Å². The standard InChI is InChI=1S/C21H23NO7/c1-12-15(18(25)20(28-3)19(27-2)16(12)23)11-13-5-4-6-14(17(13)24)21(26)22-7-9-29-10-8-22/h4-6,24H,7-11H2,1-3H3. The third-order valence-corrected chi connectivity index (χ3v) is 5.11. The van der Waals surface area contributed by atoms with Crippen LogP contribution in [0.25, 0.3) is 0 Å². The van der Waals surface area contributed by atoms with Gasteiger partial charge in [0.1, 0.15) is 5.75 Å². The first-order valence-electron chi connectivity index (χ1n) is 9.20. The zero-order valence-corrected chi connectivity index (χ0v) is 16.6. The van der Waals surface area contributed by atoms with Gasteiger partial charge in [-0.25, -0.2) is 0 Å². The highest BCUT2D eigenvalue weighted by molar-refractivity contribution is 6.23. The summed E-state index contributed by atoms with van der Waals surface area (Å²) in [7, 11) is 2.58. The predicted octanol–water partition coefficient (Wildman–Crippen LogP) is 1.38. The van der Waals surface area contributed by atoms with Crippen molar-refractivity contribution in [2.45, 2.75) is 13.3 Å². The molecule has 2 aliphatic rings. The Morgan fingerprint density at radius 1 is 1.10 bits per heavy atom. The number of phenols is 1. The molecule has 1 saturated heterocycles. The molecule has 8 heteroatoms. The Balaban J connectivity index is 1.93. The van der Waals surface area contributed by atoms with Crippen LogP contribution in [0.1, 0.15) is 22.8 Å². The average molecular weight is 401 g/mol. The number of hydrogen-bond acceptors (Lipinski definition) is 7. The number of allylic oxidation sites excluding steroid dienone is 2. The normalized spacial score (nSPS) is 17.7. The van der Waals surface area contributed by atoms with E-state index >= 15 is 0 Å². The highest BCUT2D eigenvalue weighted by atomic mass is 16.5. The minimum Gasteiger partial charge on any atom is -0.507 e. The summed E-state index contributed by atoms with van der Waals surface area (Å²) in [4.78, 5) is 39.7. The van der Waals surface area contributed by atoms with E-state index in [2.05, 4.69) is 0 Å². The van der Waals surface area contributed by atoms with Gasteiger partial charge in [-0.15, -0.1) is 0 Å². The van der Waals surface area contributed by atoms with Gasteiger partial charge in [-0.2, -0.15) is 0 Å². The van der Waals surface area contributed by atoms with Crippen LogP contribution in [0.2, 0.25) is 0 Å². The lowest BCUT2D eigenvalue weighted by atomic mass is 9.88. The van der Waals surface area contributed by atoms with E-state index in [1.165, 1.54) is 27.2 Å². The second-order valence-corrected chi connectivity index (χ2v) is 6.72. The molecule has 0 bridgehead atoms. The fourth-order valence-corrected chi connectivity index (χ4v) is 3.44. The molecular weight excluding hydrogens is 378 g/mol. The van der Waals surface area contributed by atoms with Crippen molar-refractivity contribution < 1.29 is 33.7 Å². The molecule has 3 rings (SSSR count). The molecule has 1 heterocycles. The van der Waals surface area contributed by atoms with Crippen LogP contribution >= 0.6 is 0 Å². The van der Waals surface area contributed by atoms with E-state index in [0.717, 1.165) is 0 Å². The van der Waals surface area contributed by atoms with Gasteiger partial charge in [-0.1, -0.05) is 12.1 Å². The third kappa shape index (κ3) is 3.75. The minimum absolute atomic E-state index is 0.0175. The summed E-state index contributed by atoms with van der Waals surface area (Å²) in [6.07, 6.45) is -0.0175. The van der Waals surface area contributed by atoms with Crippen LogP contribution in [0.4, 0.5) is 0 Å². The van der Waals surface area contributed by atoms with Gasteiger partial charge in [0.2, 0.25) is 23.1 Å². The molecule has 8 nitrogen and oxygen atoms in total. The SMILES string of the molecule is COC1=C(OC)C(=O)C(Cc2cccc(C(=O)N3CCOCC3)c2O)=C(C)C1=O. The number of methoxy groups -OCH3 is 2. The summed E-state index contributed by atoms with van der Waals surface area (Å²) in [5.74, 6) is -1.74. The van der Waals surface area contributed by atoms with Crippen LogP contribution in [0.5, 0.6) is 5.75 Å². The number of para-hydroxylation sites is 1. The van der Waals surface area contributed by atoms with E-state index in [4.69, 9.17) is 14.2 Å². The smallest absolute Gasteiger partial charge is 0.257 e. The number of morpholine rings is 1. The van der Waals surface area contributed by atoms with Crippen molar-refractivity contribution in [1.29, 1.82) is 0 Å².